The molecule has 0 unspecified atom stereocenters. The smallest absolute Gasteiger partial charge is 0.0621 e. The number of unbranched alkanes of at least 4 members (excludes halogenated alkanes) is 1. The van der Waals surface area contributed by atoms with Gasteiger partial charge in [-0.05, 0) is 12.5 Å². The molecule has 0 aromatic carbocycles. The predicted molar refractivity (Wildman–Crippen MR) is 40.3 cm³/mol. The molecule has 0 aliphatic carbocycles. The first-order valence-corrected chi connectivity index (χ1v) is 3.27. The Morgan fingerprint density at radius 3 is 2.70 bits per heavy atom. The summed E-state index contributed by atoms with van der Waals surface area (Å²) in [6.07, 6.45) is 4.62. The van der Waals surface area contributed by atoms with Gasteiger partial charge in [-0.15, -0.1) is 0 Å². The Balaban J connectivity index is 3.22. The summed E-state index contributed by atoms with van der Waals surface area (Å²) in [4.78, 5) is 0. The summed E-state index contributed by atoms with van der Waals surface area (Å²) >= 11 is 0. The molecule has 0 fully saturated rings. The summed E-state index contributed by atoms with van der Waals surface area (Å²) in [5.74, 6) is 5.53. The average molecular weight is 140 g/mol. The molecule has 0 aliphatic rings. The number of allylic oxidation sites excluding steroid dienone is 1. The Morgan fingerprint density at radius 2 is 2.10 bits per heavy atom. The molecule has 0 amide bonds. The van der Waals surface area contributed by atoms with Crippen LogP contribution in [0, 0.1) is 11.8 Å². The number of hydrogen-bond donors (Lipinski definition) is 2. The fraction of sp³-hybridized carbons (Fsp3) is 0.500. The van der Waals surface area contributed by atoms with Crippen LogP contribution in [-0.4, -0.2) is 23.4 Å². The van der Waals surface area contributed by atoms with E-state index in [2.05, 4.69) is 11.8 Å². The van der Waals surface area contributed by atoms with Crippen molar-refractivity contribution >= 4 is 0 Å². The quantitative estimate of drug-likeness (QED) is 0.437. The van der Waals surface area contributed by atoms with Gasteiger partial charge in [-0.3, -0.25) is 0 Å². The Morgan fingerprint density at radius 1 is 1.30 bits per heavy atom. The van der Waals surface area contributed by atoms with E-state index in [0.29, 0.717) is 6.42 Å². The number of rotatable bonds is 3. The van der Waals surface area contributed by atoms with Crippen LogP contribution in [0.5, 0.6) is 0 Å². The summed E-state index contributed by atoms with van der Waals surface area (Å²) in [5.41, 5.74) is 0. The maximum Gasteiger partial charge on any atom is 0.0621 e. The van der Waals surface area contributed by atoms with Crippen molar-refractivity contribution in [1.29, 1.82) is 0 Å². The monoisotopic (exact) mass is 140 g/mol. The van der Waals surface area contributed by atoms with Crippen molar-refractivity contribution in [2.45, 2.75) is 12.8 Å². The summed E-state index contributed by atoms with van der Waals surface area (Å²) in [5, 5.41) is 16.6. The average Bonchev–Trinajstić information content (AvgIpc) is 1.97. The second-order valence-corrected chi connectivity index (χ2v) is 1.73. The topological polar surface area (TPSA) is 40.5 Å². The van der Waals surface area contributed by atoms with E-state index in [0.717, 1.165) is 6.42 Å². The van der Waals surface area contributed by atoms with Gasteiger partial charge in [-0.25, -0.2) is 0 Å². The van der Waals surface area contributed by atoms with Gasteiger partial charge >= 0.3 is 0 Å². The highest BCUT2D eigenvalue weighted by atomic mass is 16.3. The lowest BCUT2D eigenvalue weighted by Gasteiger charge is -1.81. The van der Waals surface area contributed by atoms with Gasteiger partial charge in [-0.1, -0.05) is 17.9 Å². The van der Waals surface area contributed by atoms with Crippen LogP contribution in [-0.2, 0) is 0 Å². The van der Waals surface area contributed by atoms with Gasteiger partial charge in [0.15, 0.2) is 0 Å². The van der Waals surface area contributed by atoms with Crippen LogP contribution in [0.25, 0.3) is 0 Å². The molecule has 0 atom stereocenters. The minimum absolute atomic E-state index is 0.0364. The third-order valence-electron chi connectivity index (χ3n) is 0.869. The molecular weight excluding hydrogens is 128 g/mol. The lowest BCUT2D eigenvalue weighted by Crippen LogP contribution is -1.78. The van der Waals surface area contributed by atoms with Crippen molar-refractivity contribution in [3.05, 3.63) is 12.2 Å². The standard InChI is InChI=1S/C8H12O2/c9-7-5-3-1-2-4-6-8-10/h3,5,9-10H,4,6-8H2/b5-3-. The van der Waals surface area contributed by atoms with Gasteiger partial charge in [0, 0.05) is 13.0 Å². The van der Waals surface area contributed by atoms with Gasteiger partial charge in [0.2, 0.25) is 0 Å². The maximum atomic E-state index is 8.34. The minimum Gasteiger partial charge on any atom is -0.396 e. The van der Waals surface area contributed by atoms with Crippen LogP contribution in [0.1, 0.15) is 12.8 Å². The molecular formula is C8H12O2. The zero-order valence-electron chi connectivity index (χ0n) is 5.88. The SMILES string of the molecule is OC/C=C\C#CCCCO. The molecule has 2 nitrogen and oxygen atoms in total. The number of aliphatic hydroxyl groups excluding tert-OH is 2. The normalized spacial score (nSPS) is 9.40. The van der Waals surface area contributed by atoms with Crippen LogP contribution in [0.4, 0.5) is 0 Å². The molecule has 0 radical (unpaired) electrons. The van der Waals surface area contributed by atoms with E-state index >= 15 is 0 Å². The second-order valence-electron chi connectivity index (χ2n) is 1.73. The third-order valence-corrected chi connectivity index (χ3v) is 0.869. The fourth-order valence-electron chi connectivity index (χ4n) is 0.410. The Bertz CT molecular complexity index is 139. The molecule has 0 heterocycles. The molecule has 0 saturated heterocycles. The minimum atomic E-state index is 0.0364. The highest BCUT2D eigenvalue weighted by molar-refractivity contribution is 5.14. The molecule has 0 spiro atoms. The van der Waals surface area contributed by atoms with Crippen molar-refractivity contribution in [2.24, 2.45) is 0 Å². The number of hydrogen-bond acceptors (Lipinski definition) is 2. The lowest BCUT2D eigenvalue weighted by atomic mass is 10.3. The van der Waals surface area contributed by atoms with E-state index in [1.165, 1.54) is 0 Å². The summed E-state index contributed by atoms with van der Waals surface area (Å²) in [6.45, 7) is 0.229. The fourth-order valence-corrected chi connectivity index (χ4v) is 0.410. The molecule has 0 aromatic heterocycles. The van der Waals surface area contributed by atoms with Crippen LogP contribution < -0.4 is 0 Å². The molecule has 0 saturated carbocycles. The van der Waals surface area contributed by atoms with Crippen LogP contribution in [0.15, 0.2) is 12.2 Å². The highest BCUT2D eigenvalue weighted by Crippen LogP contribution is 1.82. The molecule has 0 aromatic rings. The third kappa shape index (κ3) is 7.22. The van der Waals surface area contributed by atoms with Gasteiger partial charge in [0.05, 0.1) is 6.61 Å². The van der Waals surface area contributed by atoms with E-state index in [-0.39, 0.29) is 13.2 Å². The molecule has 0 bridgehead atoms. The van der Waals surface area contributed by atoms with Crippen LogP contribution >= 0.6 is 0 Å². The van der Waals surface area contributed by atoms with Crippen LogP contribution in [0.2, 0.25) is 0 Å². The summed E-state index contributed by atoms with van der Waals surface area (Å²) in [6, 6.07) is 0. The summed E-state index contributed by atoms with van der Waals surface area (Å²) in [7, 11) is 0. The van der Waals surface area contributed by atoms with E-state index in [9.17, 15) is 0 Å². The lowest BCUT2D eigenvalue weighted by molar-refractivity contribution is 0.290. The highest BCUT2D eigenvalue weighted by Gasteiger charge is 1.74. The van der Waals surface area contributed by atoms with Crippen molar-refractivity contribution < 1.29 is 10.2 Å². The molecule has 0 aliphatic heterocycles. The molecule has 0 rings (SSSR count). The van der Waals surface area contributed by atoms with Crippen molar-refractivity contribution in [3.8, 4) is 11.8 Å². The van der Waals surface area contributed by atoms with Gasteiger partial charge < -0.3 is 10.2 Å². The first kappa shape index (κ1) is 9.22. The maximum absolute atomic E-state index is 8.34. The van der Waals surface area contributed by atoms with Gasteiger partial charge in [0.1, 0.15) is 0 Å². The van der Waals surface area contributed by atoms with E-state index in [1.807, 2.05) is 0 Å². The summed E-state index contributed by atoms with van der Waals surface area (Å²) < 4.78 is 0. The Labute approximate surface area is 61.2 Å². The van der Waals surface area contributed by atoms with E-state index in [1.54, 1.807) is 12.2 Å². The van der Waals surface area contributed by atoms with Crippen molar-refractivity contribution in [3.63, 3.8) is 0 Å². The first-order chi connectivity index (χ1) is 4.91. The van der Waals surface area contributed by atoms with Crippen molar-refractivity contribution in [1.82, 2.24) is 0 Å². The molecule has 2 N–H and O–H groups in total. The van der Waals surface area contributed by atoms with Crippen LogP contribution in [0.3, 0.4) is 0 Å². The number of aliphatic hydroxyl groups is 2. The van der Waals surface area contributed by atoms with Gasteiger partial charge in [-0.2, -0.15) is 0 Å². The Hall–Kier alpha value is -0.780. The molecule has 56 valence electrons. The zero-order chi connectivity index (χ0) is 7.66. The Kier molecular flexibility index (Phi) is 7.58. The largest absolute Gasteiger partial charge is 0.396 e. The zero-order valence-corrected chi connectivity index (χ0v) is 5.88. The van der Waals surface area contributed by atoms with E-state index < -0.39 is 0 Å². The predicted octanol–water partition coefficient (Wildman–Crippen LogP) is 0.311. The van der Waals surface area contributed by atoms with E-state index in [4.69, 9.17) is 10.2 Å². The second kappa shape index (κ2) is 8.22. The van der Waals surface area contributed by atoms with Gasteiger partial charge in [0.25, 0.3) is 0 Å². The molecule has 10 heavy (non-hydrogen) atoms. The van der Waals surface area contributed by atoms with Crippen molar-refractivity contribution in [2.75, 3.05) is 13.2 Å². The first-order valence-electron chi connectivity index (χ1n) is 3.27. The molecule has 2 heteroatoms.